The summed E-state index contributed by atoms with van der Waals surface area (Å²) in [4.78, 5) is 9.18. The minimum atomic E-state index is -1.36. The van der Waals surface area contributed by atoms with E-state index in [0.29, 0.717) is 5.41 Å². The topological polar surface area (TPSA) is 38.7 Å². The van der Waals surface area contributed by atoms with Gasteiger partial charge in [0.2, 0.25) is 0 Å². The standard InChI is InChI=1S/C10H22O3Si/c1-3-10(8-13-9-10)7-12-5-4-6-14(2)11/h11,14H,3-9H2,1-2H3. The van der Waals surface area contributed by atoms with E-state index in [4.69, 9.17) is 9.47 Å². The van der Waals surface area contributed by atoms with Crippen LogP contribution in [0.2, 0.25) is 12.6 Å². The van der Waals surface area contributed by atoms with Gasteiger partial charge in [-0.15, -0.1) is 0 Å². The third kappa shape index (κ3) is 3.69. The maximum Gasteiger partial charge on any atom is 0.169 e. The van der Waals surface area contributed by atoms with Crippen molar-refractivity contribution in [2.24, 2.45) is 5.41 Å². The van der Waals surface area contributed by atoms with Crippen molar-refractivity contribution in [2.45, 2.75) is 32.4 Å². The van der Waals surface area contributed by atoms with Crippen molar-refractivity contribution < 1.29 is 14.3 Å². The van der Waals surface area contributed by atoms with Crippen molar-refractivity contribution in [3.63, 3.8) is 0 Å². The number of hydrogen-bond donors (Lipinski definition) is 1. The van der Waals surface area contributed by atoms with Crippen molar-refractivity contribution in [2.75, 3.05) is 26.4 Å². The van der Waals surface area contributed by atoms with E-state index in [0.717, 1.165) is 45.3 Å². The normalized spacial score (nSPS) is 21.6. The molecule has 14 heavy (non-hydrogen) atoms. The number of rotatable bonds is 7. The van der Waals surface area contributed by atoms with E-state index in [1.54, 1.807) is 0 Å². The number of hydrogen-bond acceptors (Lipinski definition) is 3. The first-order valence-corrected chi connectivity index (χ1v) is 8.01. The fourth-order valence-corrected chi connectivity index (χ4v) is 2.31. The molecule has 1 unspecified atom stereocenters. The molecule has 0 bridgehead atoms. The minimum Gasteiger partial charge on any atom is -0.435 e. The van der Waals surface area contributed by atoms with Crippen molar-refractivity contribution >= 4 is 9.04 Å². The van der Waals surface area contributed by atoms with E-state index in [1.165, 1.54) is 0 Å². The summed E-state index contributed by atoms with van der Waals surface area (Å²) >= 11 is 0. The minimum absolute atomic E-state index is 0.308. The van der Waals surface area contributed by atoms with Gasteiger partial charge in [-0.1, -0.05) is 6.92 Å². The molecule has 1 aliphatic heterocycles. The molecule has 1 N–H and O–H groups in total. The summed E-state index contributed by atoms with van der Waals surface area (Å²) in [5, 5.41) is 0. The zero-order valence-electron chi connectivity index (χ0n) is 9.29. The average molecular weight is 218 g/mol. The molecule has 0 aromatic heterocycles. The molecule has 0 saturated carbocycles. The SMILES string of the molecule is CCC1(COCCC[SiH](C)O)COC1. The van der Waals surface area contributed by atoms with Gasteiger partial charge in [-0.3, -0.25) is 0 Å². The van der Waals surface area contributed by atoms with Crippen LogP contribution in [-0.2, 0) is 9.47 Å². The summed E-state index contributed by atoms with van der Waals surface area (Å²) in [6.07, 6.45) is 2.14. The lowest BCUT2D eigenvalue weighted by Gasteiger charge is -2.40. The lowest BCUT2D eigenvalue weighted by Crippen LogP contribution is -2.45. The zero-order valence-corrected chi connectivity index (χ0v) is 10.4. The van der Waals surface area contributed by atoms with Gasteiger partial charge in [0.05, 0.1) is 19.8 Å². The van der Waals surface area contributed by atoms with Crippen molar-refractivity contribution in [3.8, 4) is 0 Å². The van der Waals surface area contributed by atoms with E-state index in [-0.39, 0.29) is 0 Å². The lowest BCUT2D eigenvalue weighted by molar-refractivity contribution is -0.150. The monoisotopic (exact) mass is 218 g/mol. The molecule has 0 aliphatic carbocycles. The highest BCUT2D eigenvalue weighted by Crippen LogP contribution is 2.31. The molecular weight excluding hydrogens is 196 g/mol. The summed E-state index contributed by atoms with van der Waals surface area (Å²) in [7, 11) is -1.36. The van der Waals surface area contributed by atoms with Gasteiger partial charge in [-0.2, -0.15) is 0 Å². The van der Waals surface area contributed by atoms with Gasteiger partial charge in [0.1, 0.15) is 0 Å². The third-order valence-corrected chi connectivity index (χ3v) is 4.13. The molecule has 0 spiro atoms. The second kappa shape index (κ2) is 5.85. The van der Waals surface area contributed by atoms with Crippen LogP contribution in [0, 0.1) is 5.41 Å². The Morgan fingerprint density at radius 2 is 2.21 bits per heavy atom. The molecule has 3 nitrogen and oxygen atoms in total. The maximum absolute atomic E-state index is 9.18. The first kappa shape index (κ1) is 12.2. The Morgan fingerprint density at radius 3 is 2.64 bits per heavy atom. The molecule has 1 saturated heterocycles. The van der Waals surface area contributed by atoms with Gasteiger partial charge in [0.25, 0.3) is 0 Å². The second-order valence-electron chi connectivity index (χ2n) is 4.39. The fraction of sp³-hybridized carbons (Fsp3) is 1.00. The largest absolute Gasteiger partial charge is 0.435 e. The van der Waals surface area contributed by atoms with Crippen LogP contribution in [0.4, 0.5) is 0 Å². The Morgan fingerprint density at radius 1 is 1.50 bits per heavy atom. The molecule has 0 amide bonds. The van der Waals surface area contributed by atoms with Crippen molar-refractivity contribution in [3.05, 3.63) is 0 Å². The van der Waals surface area contributed by atoms with Crippen LogP contribution >= 0.6 is 0 Å². The number of ether oxygens (including phenoxy) is 2. The predicted molar refractivity (Wildman–Crippen MR) is 59.0 cm³/mol. The van der Waals surface area contributed by atoms with Crippen LogP contribution in [0.5, 0.6) is 0 Å². The molecule has 1 atom stereocenters. The lowest BCUT2D eigenvalue weighted by atomic mass is 9.84. The van der Waals surface area contributed by atoms with E-state index < -0.39 is 9.04 Å². The molecule has 1 rings (SSSR count). The average Bonchev–Trinajstić information content (AvgIpc) is 2.08. The molecule has 0 aromatic carbocycles. The second-order valence-corrected chi connectivity index (χ2v) is 6.67. The van der Waals surface area contributed by atoms with Crippen LogP contribution in [-0.4, -0.2) is 40.3 Å². The molecule has 1 fully saturated rings. The Kier molecular flexibility index (Phi) is 5.09. The highest BCUT2D eigenvalue weighted by atomic mass is 28.3. The van der Waals surface area contributed by atoms with Gasteiger partial charge >= 0.3 is 0 Å². The molecule has 84 valence electrons. The molecule has 0 radical (unpaired) electrons. The Hall–Kier alpha value is 0.0969. The summed E-state index contributed by atoms with van der Waals surface area (Å²) in [6, 6.07) is 0.968. The molecule has 1 aliphatic rings. The molecular formula is C10H22O3Si. The maximum atomic E-state index is 9.18. The molecule has 0 aromatic rings. The van der Waals surface area contributed by atoms with E-state index in [9.17, 15) is 4.80 Å². The Balaban J connectivity index is 1.97. The first-order chi connectivity index (χ1) is 6.68. The van der Waals surface area contributed by atoms with Gasteiger partial charge in [-0.25, -0.2) is 0 Å². The van der Waals surface area contributed by atoms with Crippen molar-refractivity contribution in [1.29, 1.82) is 0 Å². The van der Waals surface area contributed by atoms with Gasteiger partial charge in [0, 0.05) is 12.0 Å². The van der Waals surface area contributed by atoms with Crippen LogP contribution in [0.15, 0.2) is 0 Å². The summed E-state index contributed by atoms with van der Waals surface area (Å²) in [5.74, 6) is 0. The van der Waals surface area contributed by atoms with E-state index in [2.05, 4.69) is 6.92 Å². The summed E-state index contributed by atoms with van der Waals surface area (Å²) < 4.78 is 10.8. The first-order valence-electron chi connectivity index (χ1n) is 5.52. The van der Waals surface area contributed by atoms with Gasteiger partial charge in [0.15, 0.2) is 9.04 Å². The predicted octanol–water partition coefficient (Wildman–Crippen LogP) is 1.17. The zero-order chi connectivity index (χ0) is 10.4. The smallest absolute Gasteiger partial charge is 0.169 e. The van der Waals surface area contributed by atoms with Crippen LogP contribution in [0.1, 0.15) is 19.8 Å². The summed E-state index contributed by atoms with van der Waals surface area (Å²) in [5.41, 5.74) is 0.308. The summed E-state index contributed by atoms with van der Waals surface area (Å²) in [6.45, 7) is 7.47. The Labute approximate surface area is 88.1 Å². The quantitative estimate of drug-likeness (QED) is 0.515. The van der Waals surface area contributed by atoms with E-state index in [1.807, 2.05) is 6.55 Å². The molecule has 1 heterocycles. The molecule has 4 heteroatoms. The third-order valence-electron chi connectivity index (χ3n) is 2.89. The van der Waals surface area contributed by atoms with Gasteiger partial charge in [-0.05, 0) is 25.4 Å². The van der Waals surface area contributed by atoms with Crippen LogP contribution < -0.4 is 0 Å². The fourth-order valence-electron chi connectivity index (χ4n) is 1.55. The van der Waals surface area contributed by atoms with Crippen LogP contribution in [0.3, 0.4) is 0 Å². The highest BCUT2D eigenvalue weighted by molar-refractivity contribution is 6.48. The van der Waals surface area contributed by atoms with E-state index >= 15 is 0 Å². The Bertz CT molecular complexity index is 152. The highest BCUT2D eigenvalue weighted by Gasteiger charge is 2.36. The van der Waals surface area contributed by atoms with Gasteiger partial charge < -0.3 is 14.3 Å². The van der Waals surface area contributed by atoms with Crippen LogP contribution in [0.25, 0.3) is 0 Å². The van der Waals surface area contributed by atoms with Crippen molar-refractivity contribution in [1.82, 2.24) is 0 Å².